The molecule has 1 heterocycles. The van der Waals surface area contributed by atoms with Gasteiger partial charge in [-0.2, -0.15) is 26.3 Å². The molecule has 0 fully saturated rings. The molecule has 2 rings (SSSR count). The summed E-state index contributed by atoms with van der Waals surface area (Å²) in [6.45, 7) is 2.66. The SMILES string of the molecule is CC1=CC(C(F)(C(F)(F)F)C(F)(F)F)=CC(C)(c2ccnc(Cl)c2)[CH]1. The molecule has 1 aliphatic carbocycles. The van der Waals surface area contributed by atoms with Crippen LogP contribution in [0.25, 0.3) is 0 Å². The summed E-state index contributed by atoms with van der Waals surface area (Å²) in [4.78, 5) is 3.71. The van der Waals surface area contributed by atoms with E-state index in [2.05, 4.69) is 4.98 Å². The van der Waals surface area contributed by atoms with Crippen LogP contribution in [-0.2, 0) is 5.41 Å². The van der Waals surface area contributed by atoms with E-state index < -0.39 is 29.0 Å². The maximum atomic E-state index is 14.4. The van der Waals surface area contributed by atoms with E-state index in [9.17, 15) is 30.7 Å². The number of hydrogen-bond acceptors (Lipinski definition) is 1. The van der Waals surface area contributed by atoms with Crippen molar-refractivity contribution in [3.8, 4) is 0 Å². The third-order valence-corrected chi connectivity index (χ3v) is 4.10. The van der Waals surface area contributed by atoms with E-state index in [0.29, 0.717) is 12.2 Å². The Morgan fingerprint density at radius 3 is 2.08 bits per heavy atom. The summed E-state index contributed by atoms with van der Waals surface area (Å²) in [6, 6.07) is 2.68. The summed E-state index contributed by atoms with van der Waals surface area (Å²) < 4.78 is 92.5. The van der Waals surface area contributed by atoms with Gasteiger partial charge in [0, 0.05) is 23.6 Å². The first-order valence-corrected chi connectivity index (χ1v) is 7.30. The van der Waals surface area contributed by atoms with Gasteiger partial charge in [-0.25, -0.2) is 9.37 Å². The molecule has 137 valence electrons. The lowest BCUT2D eigenvalue weighted by Gasteiger charge is -2.37. The summed E-state index contributed by atoms with van der Waals surface area (Å²) >= 11 is 5.74. The number of pyridine rings is 1. The van der Waals surface area contributed by atoms with E-state index in [0.717, 1.165) is 0 Å². The molecule has 1 radical (unpaired) electrons. The number of allylic oxidation sites excluding steroid dienone is 4. The third kappa shape index (κ3) is 3.41. The van der Waals surface area contributed by atoms with Crippen molar-refractivity contribution in [3.63, 3.8) is 0 Å². The second kappa shape index (κ2) is 6.00. The Kier molecular flexibility index (Phi) is 4.74. The molecule has 1 atom stereocenters. The first-order chi connectivity index (χ1) is 11.2. The molecule has 0 N–H and O–H groups in total. The fourth-order valence-corrected chi connectivity index (χ4v) is 2.93. The minimum absolute atomic E-state index is 0.00688. The van der Waals surface area contributed by atoms with Crippen molar-refractivity contribution in [1.82, 2.24) is 4.98 Å². The quantitative estimate of drug-likeness (QED) is 0.454. The smallest absolute Gasteiger partial charge is 0.245 e. The molecule has 1 aromatic heterocycles. The number of hydrogen-bond donors (Lipinski definition) is 0. The second-order valence-electron chi connectivity index (χ2n) is 5.94. The predicted octanol–water partition coefficient (Wildman–Crippen LogP) is 5.92. The Morgan fingerprint density at radius 1 is 1.04 bits per heavy atom. The van der Waals surface area contributed by atoms with Gasteiger partial charge < -0.3 is 0 Å². The summed E-state index contributed by atoms with van der Waals surface area (Å²) in [6.07, 6.45) is -8.48. The Labute approximate surface area is 144 Å². The number of halogens is 8. The van der Waals surface area contributed by atoms with Crippen molar-refractivity contribution in [2.75, 3.05) is 0 Å². The van der Waals surface area contributed by atoms with Crippen LogP contribution in [0.2, 0.25) is 5.15 Å². The van der Waals surface area contributed by atoms with Crippen molar-refractivity contribution >= 4 is 11.6 Å². The van der Waals surface area contributed by atoms with E-state index in [1.807, 2.05) is 0 Å². The lowest BCUT2D eigenvalue weighted by atomic mass is 9.71. The van der Waals surface area contributed by atoms with Crippen molar-refractivity contribution in [2.24, 2.45) is 0 Å². The summed E-state index contributed by atoms with van der Waals surface area (Å²) in [5, 5.41) is 0.00688. The van der Waals surface area contributed by atoms with Gasteiger partial charge in [0.15, 0.2) is 0 Å². The Bertz CT molecular complexity index is 719. The standard InChI is InChI=1S/C16H12ClF7N/c1-9-5-11(14(18,15(19,20)21)16(22,23)24)8-13(2,7-9)10-3-4-25-12(17)6-10/h3-8H,1-2H3. The summed E-state index contributed by atoms with van der Waals surface area (Å²) in [5.41, 5.74) is -8.07. The molecule has 0 saturated carbocycles. The molecule has 25 heavy (non-hydrogen) atoms. The van der Waals surface area contributed by atoms with Gasteiger partial charge in [-0.1, -0.05) is 36.2 Å². The van der Waals surface area contributed by atoms with Gasteiger partial charge in [0.05, 0.1) is 0 Å². The van der Waals surface area contributed by atoms with Gasteiger partial charge in [-0.05, 0) is 24.6 Å². The second-order valence-corrected chi connectivity index (χ2v) is 6.32. The number of aromatic nitrogens is 1. The zero-order valence-electron chi connectivity index (χ0n) is 12.9. The Hall–Kier alpha value is -1.57. The predicted molar refractivity (Wildman–Crippen MR) is 78.7 cm³/mol. The molecular weight excluding hydrogens is 375 g/mol. The van der Waals surface area contributed by atoms with Gasteiger partial charge in [0.25, 0.3) is 0 Å². The van der Waals surface area contributed by atoms with Crippen molar-refractivity contribution in [2.45, 2.75) is 37.3 Å². The highest BCUT2D eigenvalue weighted by molar-refractivity contribution is 6.29. The zero-order valence-corrected chi connectivity index (χ0v) is 13.7. The van der Waals surface area contributed by atoms with Crippen molar-refractivity contribution in [1.29, 1.82) is 0 Å². The summed E-state index contributed by atoms with van der Waals surface area (Å²) in [7, 11) is 0. The van der Waals surface area contributed by atoms with Crippen LogP contribution in [-0.4, -0.2) is 23.0 Å². The first-order valence-electron chi connectivity index (χ1n) is 6.93. The molecule has 1 aliphatic rings. The van der Waals surface area contributed by atoms with E-state index in [1.54, 1.807) is 0 Å². The minimum Gasteiger partial charge on any atom is -0.245 e. The van der Waals surface area contributed by atoms with Crippen LogP contribution in [0, 0.1) is 6.42 Å². The topological polar surface area (TPSA) is 12.9 Å². The largest absolute Gasteiger partial charge is 0.435 e. The van der Waals surface area contributed by atoms with E-state index in [1.165, 1.54) is 38.6 Å². The average molecular weight is 387 g/mol. The van der Waals surface area contributed by atoms with Crippen molar-refractivity contribution in [3.05, 3.63) is 58.8 Å². The van der Waals surface area contributed by atoms with Crippen LogP contribution < -0.4 is 0 Å². The number of rotatable bonds is 2. The molecule has 1 aromatic rings. The highest BCUT2D eigenvalue weighted by Gasteiger charge is 2.74. The lowest BCUT2D eigenvalue weighted by Crippen LogP contribution is -2.55. The van der Waals surface area contributed by atoms with Gasteiger partial charge in [-0.3, -0.25) is 0 Å². The molecule has 9 heteroatoms. The number of nitrogens with zero attached hydrogens (tertiary/aromatic N) is 1. The highest BCUT2D eigenvalue weighted by atomic mass is 35.5. The monoisotopic (exact) mass is 386 g/mol. The fourth-order valence-electron chi connectivity index (χ4n) is 2.76. The molecule has 1 unspecified atom stereocenters. The van der Waals surface area contributed by atoms with Crippen LogP contribution in [0.4, 0.5) is 30.7 Å². The van der Waals surface area contributed by atoms with Gasteiger partial charge in [0.1, 0.15) is 5.15 Å². The van der Waals surface area contributed by atoms with Crippen LogP contribution >= 0.6 is 11.6 Å². The maximum Gasteiger partial charge on any atom is 0.435 e. The van der Waals surface area contributed by atoms with E-state index in [-0.39, 0.29) is 16.3 Å². The molecule has 0 saturated heterocycles. The van der Waals surface area contributed by atoms with Crippen LogP contribution in [0.15, 0.2) is 41.6 Å². The van der Waals surface area contributed by atoms with Crippen LogP contribution in [0.3, 0.4) is 0 Å². The molecule has 0 amide bonds. The Morgan fingerprint density at radius 2 is 1.60 bits per heavy atom. The van der Waals surface area contributed by atoms with Gasteiger partial charge in [0.2, 0.25) is 0 Å². The molecule has 0 bridgehead atoms. The first kappa shape index (κ1) is 19.8. The average Bonchev–Trinajstić information content (AvgIpc) is 2.43. The van der Waals surface area contributed by atoms with E-state index >= 15 is 0 Å². The van der Waals surface area contributed by atoms with E-state index in [4.69, 9.17) is 11.6 Å². The summed E-state index contributed by atoms with van der Waals surface area (Å²) in [5.74, 6) is 0. The molecule has 1 nitrogen and oxygen atoms in total. The van der Waals surface area contributed by atoms with Gasteiger partial charge >= 0.3 is 18.0 Å². The lowest BCUT2D eigenvalue weighted by molar-refractivity contribution is -0.325. The fraction of sp³-hybridized carbons (Fsp3) is 0.375. The minimum atomic E-state index is -6.16. The molecule has 0 aromatic carbocycles. The molecular formula is C16H12ClF7N. The zero-order chi connectivity index (χ0) is 19.3. The normalized spacial score (nSPS) is 22.5. The van der Waals surface area contributed by atoms with Gasteiger partial charge in [-0.15, -0.1) is 0 Å². The number of alkyl halides is 7. The highest BCUT2D eigenvalue weighted by Crippen LogP contribution is 2.53. The Balaban J connectivity index is 2.69. The van der Waals surface area contributed by atoms with Crippen LogP contribution in [0.1, 0.15) is 19.4 Å². The maximum absolute atomic E-state index is 14.4. The van der Waals surface area contributed by atoms with Crippen molar-refractivity contribution < 1.29 is 30.7 Å². The molecule has 0 aliphatic heterocycles. The third-order valence-electron chi connectivity index (χ3n) is 3.89. The van der Waals surface area contributed by atoms with Crippen LogP contribution in [0.5, 0.6) is 0 Å². The molecule has 0 spiro atoms.